The van der Waals surface area contributed by atoms with E-state index in [1.807, 2.05) is 10.6 Å². The molecule has 1 saturated carbocycles. The Labute approximate surface area is 155 Å². The second kappa shape index (κ2) is 5.91. The zero-order chi connectivity index (χ0) is 16.9. The number of sulfonamides is 1. The number of nitrogens with zero attached hydrogens (tertiary/aromatic N) is 3. The fourth-order valence-electron chi connectivity index (χ4n) is 2.46. The molecule has 4 rings (SSSR count). The number of fused-ring (bicyclic) bond motifs is 1. The smallest absolute Gasteiger partial charge is 0.240 e. The highest BCUT2D eigenvalue weighted by Crippen LogP contribution is 2.31. The van der Waals surface area contributed by atoms with E-state index in [0.717, 1.165) is 24.1 Å². The molecule has 124 valence electrons. The zero-order valence-electron chi connectivity index (χ0n) is 12.3. The first-order chi connectivity index (χ1) is 11.5. The number of hydrogen-bond donors (Lipinski definition) is 1. The Morgan fingerprint density at radius 3 is 2.50 bits per heavy atom. The summed E-state index contributed by atoms with van der Waals surface area (Å²) in [6.07, 6.45) is 5.35. The van der Waals surface area contributed by atoms with E-state index in [4.69, 9.17) is 0 Å². The van der Waals surface area contributed by atoms with Gasteiger partial charge in [0.05, 0.1) is 10.6 Å². The minimum atomic E-state index is -3.45. The van der Waals surface area contributed by atoms with Crippen molar-refractivity contribution >= 4 is 47.5 Å². The van der Waals surface area contributed by atoms with Crippen LogP contribution >= 0.6 is 31.9 Å². The van der Waals surface area contributed by atoms with Crippen LogP contribution in [0.5, 0.6) is 0 Å². The van der Waals surface area contributed by atoms with Gasteiger partial charge in [-0.15, -0.1) is 0 Å². The fraction of sp³-hybridized carbons (Fsp3) is 0.200. The van der Waals surface area contributed by atoms with Crippen molar-refractivity contribution in [3.05, 3.63) is 45.9 Å². The lowest BCUT2D eigenvalue weighted by Gasteiger charge is -2.10. The van der Waals surface area contributed by atoms with Crippen LogP contribution < -0.4 is 4.72 Å². The summed E-state index contributed by atoms with van der Waals surface area (Å²) in [5.74, 6) is 0. The summed E-state index contributed by atoms with van der Waals surface area (Å²) < 4.78 is 30.4. The number of rotatable bonds is 4. The van der Waals surface area contributed by atoms with Gasteiger partial charge in [0.25, 0.3) is 0 Å². The van der Waals surface area contributed by atoms with Gasteiger partial charge in [0.15, 0.2) is 10.3 Å². The molecule has 24 heavy (non-hydrogen) atoms. The zero-order valence-corrected chi connectivity index (χ0v) is 16.3. The molecule has 0 aliphatic heterocycles. The topological polar surface area (TPSA) is 76.4 Å². The van der Waals surface area contributed by atoms with Crippen LogP contribution in [0.25, 0.3) is 16.9 Å². The van der Waals surface area contributed by atoms with Gasteiger partial charge in [0.2, 0.25) is 10.0 Å². The second-order valence-corrected chi connectivity index (χ2v) is 8.80. The summed E-state index contributed by atoms with van der Waals surface area (Å²) in [7, 11) is -3.45. The predicted molar refractivity (Wildman–Crippen MR) is 97.2 cm³/mol. The van der Waals surface area contributed by atoms with E-state index < -0.39 is 10.0 Å². The number of benzene rings is 1. The third kappa shape index (κ3) is 2.90. The summed E-state index contributed by atoms with van der Waals surface area (Å²) in [4.78, 5) is 8.92. The molecule has 0 amide bonds. The van der Waals surface area contributed by atoms with Crippen LogP contribution in [0.3, 0.4) is 0 Å². The summed E-state index contributed by atoms with van der Waals surface area (Å²) in [6.45, 7) is 0. The monoisotopic (exact) mass is 470 g/mol. The van der Waals surface area contributed by atoms with Gasteiger partial charge < -0.3 is 0 Å². The van der Waals surface area contributed by atoms with Gasteiger partial charge in [-0.2, -0.15) is 0 Å². The molecule has 1 aliphatic rings. The Morgan fingerprint density at radius 2 is 1.83 bits per heavy atom. The molecule has 3 aromatic rings. The molecule has 2 aromatic heterocycles. The summed E-state index contributed by atoms with van der Waals surface area (Å²) in [5, 5.41) is 0. The first kappa shape index (κ1) is 16.2. The fourth-order valence-corrected chi connectivity index (χ4v) is 5.07. The lowest BCUT2D eigenvalue weighted by atomic mass is 10.1. The van der Waals surface area contributed by atoms with Crippen molar-refractivity contribution in [3.8, 4) is 11.3 Å². The molecule has 9 heteroatoms. The van der Waals surface area contributed by atoms with Crippen LogP contribution in [-0.2, 0) is 10.0 Å². The largest absolute Gasteiger partial charge is 0.295 e. The van der Waals surface area contributed by atoms with Crippen LogP contribution in [0.1, 0.15) is 12.8 Å². The lowest BCUT2D eigenvalue weighted by molar-refractivity contribution is 0.581. The predicted octanol–water partition coefficient (Wildman–Crippen LogP) is 3.36. The van der Waals surface area contributed by atoms with Gasteiger partial charge >= 0.3 is 0 Å². The van der Waals surface area contributed by atoms with Crippen molar-refractivity contribution in [3.63, 3.8) is 0 Å². The van der Waals surface area contributed by atoms with Gasteiger partial charge in [-0.1, -0.05) is 12.1 Å². The van der Waals surface area contributed by atoms with Crippen molar-refractivity contribution in [1.29, 1.82) is 0 Å². The molecule has 1 fully saturated rings. The van der Waals surface area contributed by atoms with E-state index in [-0.39, 0.29) is 10.9 Å². The highest BCUT2D eigenvalue weighted by Gasteiger charge is 2.28. The summed E-state index contributed by atoms with van der Waals surface area (Å²) in [5.41, 5.74) is 2.35. The molecule has 0 bridgehead atoms. The van der Waals surface area contributed by atoms with Crippen LogP contribution in [0.4, 0.5) is 0 Å². The average Bonchev–Trinajstić information content (AvgIpc) is 3.20. The maximum atomic E-state index is 12.3. The first-order valence-corrected chi connectivity index (χ1v) is 10.3. The van der Waals surface area contributed by atoms with Crippen LogP contribution in [0.15, 0.2) is 50.8 Å². The number of nitrogens with one attached hydrogen (secondary N) is 1. The maximum Gasteiger partial charge on any atom is 0.240 e. The quantitative estimate of drug-likeness (QED) is 0.632. The molecule has 1 N–H and O–H groups in total. The molecule has 1 aromatic carbocycles. The average molecular weight is 472 g/mol. The molecular weight excluding hydrogens is 460 g/mol. The Morgan fingerprint density at radius 1 is 1.12 bits per heavy atom. The Bertz CT molecular complexity index is 1030. The molecule has 0 saturated heterocycles. The number of aromatic nitrogens is 3. The highest BCUT2D eigenvalue weighted by molar-refractivity contribution is 9.11. The van der Waals surface area contributed by atoms with E-state index in [1.54, 1.807) is 30.5 Å². The standard InChI is InChI=1S/C15H12Br2N4O2S/c16-13-12(21-8-7-18-15(21)14(17)19-13)9-1-5-11(6-2-9)24(22,23)20-10-3-4-10/h1-2,5-8,10,20H,3-4H2. The maximum absolute atomic E-state index is 12.3. The molecule has 1 aliphatic carbocycles. The minimum absolute atomic E-state index is 0.0880. The number of hydrogen-bond acceptors (Lipinski definition) is 4. The molecule has 0 atom stereocenters. The van der Waals surface area contributed by atoms with Gasteiger partial charge in [-0.05, 0) is 56.8 Å². The van der Waals surface area contributed by atoms with Gasteiger partial charge in [-0.25, -0.2) is 23.1 Å². The number of halogens is 2. The van der Waals surface area contributed by atoms with Crippen LogP contribution in [0, 0.1) is 0 Å². The third-order valence-corrected chi connectivity index (χ3v) is 6.42. The number of imidazole rings is 1. The Kier molecular flexibility index (Phi) is 3.98. The van der Waals surface area contributed by atoms with Crippen molar-refractivity contribution in [2.45, 2.75) is 23.8 Å². The van der Waals surface area contributed by atoms with Gasteiger partial charge in [0, 0.05) is 24.0 Å². The Hall–Kier alpha value is -1.29. The van der Waals surface area contributed by atoms with Crippen LogP contribution in [-0.4, -0.2) is 28.8 Å². The Balaban J connectivity index is 1.77. The molecule has 6 nitrogen and oxygen atoms in total. The van der Waals surface area contributed by atoms with Crippen molar-refractivity contribution in [2.24, 2.45) is 0 Å². The molecule has 2 heterocycles. The van der Waals surface area contributed by atoms with Gasteiger partial charge in [0.1, 0.15) is 4.60 Å². The van der Waals surface area contributed by atoms with E-state index in [0.29, 0.717) is 14.9 Å². The second-order valence-electron chi connectivity index (χ2n) is 5.58. The van der Waals surface area contributed by atoms with E-state index in [9.17, 15) is 8.42 Å². The summed E-state index contributed by atoms with van der Waals surface area (Å²) in [6, 6.07) is 6.85. The highest BCUT2D eigenvalue weighted by atomic mass is 79.9. The van der Waals surface area contributed by atoms with Crippen molar-refractivity contribution in [2.75, 3.05) is 0 Å². The SMILES string of the molecule is O=S(=O)(NC1CC1)c1ccc(-c2c(Br)nc(Br)c3nccn23)cc1. The van der Waals surface area contributed by atoms with E-state index in [2.05, 4.69) is 46.5 Å². The normalized spacial score (nSPS) is 15.1. The van der Waals surface area contributed by atoms with Crippen molar-refractivity contribution < 1.29 is 8.42 Å². The molecular formula is C15H12Br2N4O2S. The lowest BCUT2D eigenvalue weighted by Crippen LogP contribution is -2.25. The first-order valence-electron chi connectivity index (χ1n) is 7.26. The minimum Gasteiger partial charge on any atom is -0.295 e. The molecule has 0 spiro atoms. The van der Waals surface area contributed by atoms with E-state index >= 15 is 0 Å². The molecule has 0 radical (unpaired) electrons. The van der Waals surface area contributed by atoms with E-state index in [1.165, 1.54) is 0 Å². The van der Waals surface area contributed by atoms with Gasteiger partial charge in [-0.3, -0.25) is 4.40 Å². The van der Waals surface area contributed by atoms with Crippen LogP contribution in [0.2, 0.25) is 0 Å². The summed E-state index contributed by atoms with van der Waals surface area (Å²) >= 11 is 6.86. The molecule has 0 unspecified atom stereocenters. The third-order valence-electron chi connectivity index (χ3n) is 3.80. The van der Waals surface area contributed by atoms with Crippen molar-refractivity contribution in [1.82, 2.24) is 19.1 Å².